The van der Waals surface area contributed by atoms with Gasteiger partial charge in [0.25, 0.3) is 11.8 Å². The number of carbonyl (C=O) groups excluding carboxylic acids is 3. The normalized spacial score (nSPS) is 19.6. The fourth-order valence-electron chi connectivity index (χ4n) is 3.46. The van der Waals surface area contributed by atoms with Gasteiger partial charge in [-0.3, -0.25) is 14.5 Å². The molecule has 4 rings (SSSR count). The smallest absolute Gasteiger partial charge is 0.301 e. The quantitative estimate of drug-likeness (QED) is 0.0641. The fourth-order valence-corrected chi connectivity index (χ4v) is 6.38. The Balaban J connectivity index is 1.51. The van der Waals surface area contributed by atoms with Gasteiger partial charge >= 0.3 is 5.16 Å². The van der Waals surface area contributed by atoms with Crippen molar-refractivity contribution in [1.82, 2.24) is 24.6 Å². The fraction of sp³-hybridized carbons (Fsp3) is 0.333. The number of aliphatic carboxylic acids is 1. The van der Waals surface area contributed by atoms with Crippen molar-refractivity contribution >= 4 is 75.3 Å². The second-order valence-electron chi connectivity index (χ2n) is 7.42. The van der Waals surface area contributed by atoms with Crippen molar-refractivity contribution in [3.8, 4) is 0 Å². The third kappa shape index (κ3) is 4.73. The van der Waals surface area contributed by atoms with Gasteiger partial charge in [0, 0.05) is 23.0 Å². The van der Waals surface area contributed by atoms with Gasteiger partial charge in [-0.05, 0) is 17.3 Å². The van der Waals surface area contributed by atoms with Crippen LogP contribution < -0.4 is 32.2 Å². The van der Waals surface area contributed by atoms with Crippen molar-refractivity contribution in [1.29, 1.82) is 0 Å². The summed E-state index contributed by atoms with van der Waals surface area (Å²) < 4.78 is 5.54. The maximum Gasteiger partial charge on any atom is 0.301 e. The lowest BCUT2D eigenvalue weighted by molar-refractivity contribution is -0.698. The number of aromatic nitrogens is 4. The highest BCUT2D eigenvalue weighted by Gasteiger charge is 2.53. The van der Waals surface area contributed by atoms with Crippen LogP contribution in [0.25, 0.3) is 0 Å². The molecule has 2 atom stereocenters. The third-order valence-corrected chi connectivity index (χ3v) is 8.15. The zero-order valence-electron chi connectivity index (χ0n) is 18.8. The Morgan fingerprint density at radius 2 is 2.14 bits per heavy atom. The van der Waals surface area contributed by atoms with E-state index in [-0.39, 0.29) is 39.7 Å². The van der Waals surface area contributed by atoms with Crippen LogP contribution in [0.3, 0.4) is 0 Å². The third-order valence-electron chi connectivity index (χ3n) is 5.15. The van der Waals surface area contributed by atoms with E-state index >= 15 is 0 Å². The molecule has 15 nitrogen and oxygen atoms in total. The van der Waals surface area contributed by atoms with Gasteiger partial charge < -0.3 is 37.3 Å². The van der Waals surface area contributed by atoms with Crippen molar-refractivity contribution < 1.29 is 28.9 Å². The number of hydrogen-bond acceptors (Lipinski definition) is 15. The van der Waals surface area contributed by atoms with Crippen LogP contribution in [0.2, 0.25) is 0 Å². The molecule has 36 heavy (non-hydrogen) atoms. The minimum Gasteiger partial charge on any atom is -0.543 e. The maximum absolute atomic E-state index is 12.9. The van der Waals surface area contributed by atoms with E-state index in [1.807, 2.05) is 0 Å². The first-order valence-corrected chi connectivity index (χ1v) is 12.9. The number of β-lactam (4-membered cyclic amide) rings is 1. The number of anilines is 3. The summed E-state index contributed by atoms with van der Waals surface area (Å²) in [6.45, 7) is 0. The molecule has 0 radical (unpaired) electrons. The molecular weight excluding hydrogens is 532 g/mol. The Bertz CT molecular complexity index is 1310. The molecule has 2 aliphatic rings. The molecule has 2 unspecified atom stereocenters. The molecule has 190 valence electrons. The predicted molar refractivity (Wildman–Crippen MR) is 130 cm³/mol. The van der Waals surface area contributed by atoms with Crippen molar-refractivity contribution in [2.24, 2.45) is 12.2 Å². The standard InChI is InChI=1S/C18H20N10O5S3/c1-27-8(20)3-7(19)22-18(27)35-5-6-4-34-15-10(14(30)28(15)11(6)16(31)32)23-13(29)9(25-33-2)12-24-17(21)36-26-12/h3,10,15H,4-5H2,1-2H3,(H7,19,20,21,23,24,26,29,31,32)/b25-9-. The zero-order chi connectivity index (χ0) is 26.1. The van der Waals surface area contributed by atoms with Gasteiger partial charge in [0.1, 0.15) is 18.5 Å². The van der Waals surface area contributed by atoms with E-state index in [1.165, 1.54) is 36.7 Å². The molecule has 0 spiro atoms. The van der Waals surface area contributed by atoms with Gasteiger partial charge in [0.15, 0.2) is 5.13 Å². The number of thioether (sulfide) groups is 2. The Labute approximate surface area is 216 Å². The van der Waals surface area contributed by atoms with Crippen molar-refractivity contribution in [2.75, 3.05) is 35.8 Å². The molecule has 7 N–H and O–H groups in total. The topological polar surface area (TPSA) is 232 Å². The van der Waals surface area contributed by atoms with Crippen LogP contribution in [0, 0.1) is 0 Å². The van der Waals surface area contributed by atoms with Gasteiger partial charge in [-0.25, -0.2) is 4.57 Å². The van der Waals surface area contributed by atoms with Crippen LogP contribution in [0.4, 0.5) is 16.8 Å². The lowest BCUT2D eigenvalue weighted by Crippen LogP contribution is -2.71. The van der Waals surface area contributed by atoms with Crippen LogP contribution in [0.1, 0.15) is 5.82 Å². The molecule has 0 bridgehead atoms. The molecule has 2 aromatic heterocycles. The van der Waals surface area contributed by atoms with E-state index in [2.05, 4.69) is 24.8 Å². The predicted octanol–water partition coefficient (Wildman–Crippen LogP) is -2.95. The van der Waals surface area contributed by atoms with E-state index in [1.54, 1.807) is 11.6 Å². The summed E-state index contributed by atoms with van der Waals surface area (Å²) in [5, 5.41) is 18.1. The number of nitrogen functional groups attached to an aromatic ring is 3. The van der Waals surface area contributed by atoms with Gasteiger partial charge in [-0.1, -0.05) is 10.1 Å². The van der Waals surface area contributed by atoms with Gasteiger partial charge in [-0.2, -0.15) is 9.36 Å². The molecule has 4 heterocycles. The number of nitrogens with one attached hydrogen (secondary N) is 1. The molecule has 0 aliphatic carbocycles. The van der Waals surface area contributed by atoms with Crippen LogP contribution >= 0.6 is 35.1 Å². The number of amides is 2. The average Bonchev–Trinajstić information content (AvgIpc) is 3.26. The lowest BCUT2D eigenvalue weighted by atomic mass is 10.0. The molecule has 2 aromatic rings. The number of fused-ring (bicyclic) bond motifs is 1. The van der Waals surface area contributed by atoms with Gasteiger partial charge in [0.2, 0.25) is 23.2 Å². The first-order chi connectivity index (χ1) is 17.1. The molecule has 2 aliphatic heterocycles. The highest BCUT2D eigenvalue weighted by atomic mass is 32.2. The molecular formula is C18H20N10O5S3. The molecule has 18 heteroatoms. The summed E-state index contributed by atoms with van der Waals surface area (Å²) >= 11 is 3.38. The minimum atomic E-state index is -1.50. The number of hydrogen-bond donors (Lipinski definition) is 4. The van der Waals surface area contributed by atoms with Crippen LogP contribution in [0.15, 0.2) is 27.6 Å². The van der Waals surface area contributed by atoms with Crippen molar-refractivity contribution in [3.63, 3.8) is 0 Å². The summed E-state index contributed by atoms with van der Waals surface area (Å²) in [6, 6.07) is 0.504. The zero-order valence-corrected chi connectivity index (χ0v) is 21.3. The molecule has 0 saturated carbocycles. The largest absolute Gasteiger partial charge is 0.543 e. The number of nitrogens with zero attached hydrogens (tertiary/aromatic N) is 6. The highest BCUT2D eigenvalue weighted by molar-refractivity contribution is 8.01. The van der Waals surface area contributed by atoms with E-state index < -0.39 is 29.2 Å². The Morgan fingerprint density at radius 1 is 1.39 bits per heavy atom. The van der Waals surface area contributed by atoms with E-state index in [0.29, 0.717) is 16.5 Å². The minimum absolute atomic E-state index is 0.0598. The first-order valence-electron chi connectivity index (χ1n) is 10.1. The van der Waals surface area contributed by atoms with Gasteiger partial charge in [-0.15, -0.1) is 11.8 Å². The van der Waals surface area contributed by atoms with Gasteiger partial charge in [0.05, 0.1) is 24.8 Å². The number of oxime groups is 1. The van der Waals surface area contributed by atoms with Crippen LogP contribution in [-0.4, -0.2) is 72.8 Å². The second kappa shape index (κ2) is 10.2. The summed E-state index contributed by atoms with van der Waals surface area (Å²) in [5.41, 5.74) is 17.2. The average molecular weight is 553 g/mol. The SMILES string of the molecule is CO/N=C(\C(=O)NC1C(=O)N2C(C(=O)[O-])=C(CSc3nc(N)cc(N)[n+]3C)CSC12)c1nsc(N)n1. The molecule has 0 aromatic carbocycles. The highest BCUT2D eigenvalue weighted by Crippen LogP contribution is 2.41. The van der Waals surface area contributed by atoms with Crippen molar-refractivity contribution in [3.05, 3.63) is 23.2 Å². The lowest BCUT2D eigenvalue weighted by Gasteiger charge is -2.50. The monoisotopic (exact) mass is 552 g/mol. The molecule has 1 saturated heterocycles. The van der Waals surface area contributed by atoms with E-state index in [4.69, 9.17) is 22.0 Å². The van der Waals surface area contributed by atoms with E-state index in [9.17, 15) is 19.5 Å². The summed E-state index contributed by atoms with van der Waals surface area (Å²) in [5.74, 6) is -1.84. The first kappa shape index (κ1) is 25.5. The number of rotatable bonds is 8. The number of nitrogens with two attached hydrogens (primary N) is 3. The second-order valence-corrected chi connectivity index (χ2v) is 10.2. The van der Waals surface area contributed by atoms with Crippen LogP contribution in [-0.2, 0) is 26.3 Å². The Morgan fingerprint density at radius 3 is 2.78 bits per heavy atom. The summed E-state index contributed by atoms with van der Waals surface area (Å²) in [4.78, 5) is 51.7. The van der Waals surface area contributed by atoms with E-state index in [0.717, 1.165) is 16.4 Å². The molecule has 1 fully saturated rings. The molecule has 2 amide bonds. The summed E-state index contributed by atoms with van der Waals surface area (Å²) in [6.07, 6.45) is 0. The number of carbonyl (C=O) groups is 3. The van der Waals surface area contributed by atoms with Crippen molar-refractivity contribution in [2.45, 2.75) is 16.6 Å². The Kier molecular flexibility index (Phi) is 7.18. The maximum atomic E-state index is 12.9. The Hall–Kier alpha value is -3.64. The van der Waals surface area contributed by atoms with Crippen LogP contribution in [0.5, 0.6) is 0 Å². The number of carboxylic acid groups (broad SMARTS) is 1. The summed E-state index contributed by atoms with van der Waals surface area (Å²) in [7, 11) is 2.94. The number of carboxylic acids is 1.